The molecule has 0 saturated carbocycles. The molecule has 144 valence electrons. The van der Waals surface area contributed by atoms with E-state index in [0.717, 1.165) is 43.9 Å². The second-order valence-electron chi connectivity index (χ2n) is 7.92. The molecule has 1 unspecified atom stereocenters. The zero-order valence-corrected chi connectivity index (χ0v) is 16.6. The summed E-state index contributed by atoms with van der Waals surface area (Å²) in [6.45, 7) is 5.26. The molecular weight excluding hydrogens is 342 g/mol. The maximum atomic E-state index is 13.1. The molecule has 1 aliphatic carbocycles. The topological polar surface area (TPSA) is 75.4 Å². The van der Waals surface area contributed by atoms with Crippen LogP contribution >= 0.6 is 0 Å². The Bertz CT molecular complexity index is 871. The van der Waals surface area contributed by atoms with Gasteiger partial charge in [0, 0.05) is 45.2 Å². The number of hydrogen-bond acceptors (Lipinski definition) is 6. The standard InChI is InChI=1S/C20H27N5O2/c1-5-15-22-13(2)16(27-15)18(26)25-10-6-8-20(12-25)9-7-14-11-21-19(24(3)4)23-17(14)20/h11H,5-10,12H2,1-4H3. The fourth-order valence-corrected chi connectivity index (χ4v) is 4.40. The van der Waals surface area contributed by atoms with Crippen molar-refractivity contribution < 1.29 is 9.21 Å². The van der Waals surface area contributed by atoms with Crippen molar-refractivity contribution >= 4 is 11.9 Å². The summed E-state index contributed by atoms with van der Waals surface area (Å²) in [5.74, 6) is 1.70. The average Bonchev–Trinajstić information content (AvgIpc) is 3.22. The molecule has 7 nitrogen and oxygen atoms in total. The van der Waals surface area contributed by atoms with Gasteiger partial charge in [0.05, 0.1) is 11.4 Å². The molecule has 1 spiro atoms. The molecule has 27 heavy (non-hydrogen) atoms. The molecule has 7 heteroatoms. The minimum absolute atomic E-state index is 0.0471. The summed E-state index contributed by atoms with van der Waals surface area (Å²) in [6, 6.07) is 0. The lowest BCUT2D eigenvalue weighted by molar-refractivity contribution is 0.0599. The first-order valence-electron chi connectivity index (χ1n) is 9.73. The quantitative estimate of drug-likeness (QED) is 0.828. The van der Waals surface area contributed by atoms with Gasteiger partial charge >= 0.3 is 0 Å². The highest BCUT2D eigenvalue weighted by atomic mass is 16.4. The third-order valence-corrected chi connectivity index (χ3v) is 5.83. The van der Waals surface area contributed by atoms with Crippen LogP contribution in [0.4, 0.5) is 5.95 Å². The number of nitrogens with zero attached hydrogens (tertiary/aromatic N) is 5. The Morgan fingerprint density at radius 1 is 1.33 bits per heavy atom. The predicted octanol–water partition coefficient (Wildman–Crippen LogP) is 2.52. The van der Waals surface area contributed by atoms with Crippen LogP contribution in [0.3, 0.4) is 0 Å². The van der Waals surface area contributed by atoms with E-state index in [9.17, 15) is 4.79 Å². The van der Waals surface area contributed by atoms with E-state index in [1.165, 1.54) is 5.56 Å². The molecule has 1 fully saturated rings. The number of aryl methyl sites for hydroxylation is 3. The number of anilines is 1. The lowest BCUT2D eigenvalue weighted by atomic mass is 9.77. The van der Waals surface area contributed by atoms with Crippen molar-refractivity contribution in [2.75, 3.05) is 32.1 Å². The minimum Gasteiger partial charge on any atom is -0.435 e. The van der Waals surface area contributed by atoms with Gasteiger partial charge in [-0.05, 0) is 38.2 Å². The first kappa shape index (κ1) is 17.9. The van der Waals surface area contributed by atoms with Crippen LogP contribution in [0.5, 0.6) is 0 Å². The molecule has 2 aliphatic rings. The number of aromatic nitrogens is 3. The molecule has 0 bridgehead atoms. The normalized spacial score (nSPS) is 21.6. The molecule has 3 heterocycles. The van der Waals surface area contributed by atoms with E-state index in [2.05, 4.69) is 9.97 Å². The number of carbonyl (C=O) groups excluding carboxylic acids is 1. The smallest absolute Gasteiger partial charge is 0.291 e. The third-order valence-electron chi connectivity index (χ3n) is 5.83. The molecule has 2 aromatic heterocycles. The Labute approximate surface area is 159 Å². The zero-order valence-electron chi connectivity index (χ0n) is 16.6. The summed E-state index contributed by atoms with van der Waals surface area (Å²) in [5.41, 5.74) is 2.96. The van der Waals surface area contributed by atoms with E-state index in [-0.39, 0.29) is 11.3 Å². The minimum atomic E-state index is -0.0710. The Hall–Kier alpha value is -2.44. The van der Waals surface area contributed by atoms with Crippen molar-refractivity contribution in [1.82, 2.24) is 19.9 Å². The highest BCUT2D eigenvalue weighted by Crippen LogP contribution is 2.44. The Morgan fingerprint density at radius 3 is 2.85 bits per heavy atom. The predicted molar refractivity (Wildman–Crippen MR) is 102 cm³/mol. The van der Waals surface area contributed by atoms with Crippen LogP contribution in [0, 0.1) is 6.92 Å². The van der Waals surface area contributed by atoms with Gasteiger partial charge in [-0.2, -0.15) is 0 Å². The van der Waals surface area contributed by atoms with Crippen molar-refractivity contribution in [3.05, 3.63) is 34.8 Å². The van der Waals surface area contributed by atoms with Gasteiger partial charge in [0.2, 0.25) is 11.7 Å². The van der Waals surface area contributed by atoms with Crippen LogP contribution in [-0.2, 0) is 18.3 Å². The van der Waals surface area contributed by atoms with Crippen molar-refractivity contribution in [1.29, 1.82) is 0 Å². The molecule has 1 atom stereocenters. The van der Waals surface area contributed by atoms with Gasteiger partial charge < -0.3 is 14.2 Å². The van der Waals surface area contributed by atoms with Crippen molar-refractivity contribution in [2.24, 2.45) is 0 Å². The van der Waals surface area contributed by atoms with Crippen LogP contribution in [-0.4, -0.2) is 52.9 Å². The fourth-order valence-electron chi connectivity index (χ4n) is 4.40. The molecular formula is C20H27N5O2. The Kier molecular flexibility index (Phi) is 4.40. The second kappa shape index (κ2) is 6.62. The summed E-state index contributed by atoms with van der Waals surface area (Å²) in [5, 5.41) is 0. The van der Waals surface area contributed by atoms with Crippen LogP contribution in [0.25, 0.3) is 0 Å². The van der Waals surface area contributed by atoms with Gasteiger partial charge in [-0.3, -0.25) is 4.79 Å². The second-order valence-corrected chi connectivity index (χ2v) is 7.92. The van der Waals surface area contributed by atoms with Gasteiger partial charge in [-0.1, -0.05) is 6.92 Å². The van der Waals surface area contributed by atoms with Crippen molar-refractivity contribution in [2.45, 2.75) is 51.4 Å². The van der Waals surface area contributed by atoms with E-state index in [4.69, 9.17) is 9.40 Å². The van der Waals surface area contributed by atoms with Crippen LogP contribution in [0.1, 0.15) is 59.6 Å². The maximum absolute atomic E-state index is 13.1. The summed E-state index contributed by atoms with van der Waals surface area (Å²) in [7, 11) is 3.91. The first-order valence-corrected chi connectivity index (χ1v) is 9.73. The van der Waals surface area contributed by atoms with Gasteiger partial charge in [0.25, 0.3) is 5.91 Å². The number of piperidine rings is 1. The number of amides is 1. The van der Waals surface area contributed by atoms with Crippen LogP contribution in [0.2, 0.25) is 0 Å². The first-order chi connectivity index (χ1) is 12.9. The van der Waals surface area contributed by atoms with E-state index >= 15 is 0 Å². The average molecular weight is 369 g/mol. The number of carbonyl (C=O) groups is 1. The molecule has 0 aromatic carbocycles. The van der Waals surface area contributed by atoms with E-state index < -0.39 is 0 Å². The summed E-state index contributed by atoms with van der Waals surface area (Å²) in [6.07, 6.45) is 6.68. The highest BCUT2D eigenvalue weighted by Gasteiger charge is 2.45. The van der Waals surface area contributed by atoms with E-state index in [1.54, 1.807) is 0 Å². The van der Waals surface area contributed by atoms with Gasteiger partial charge in [0.15, 0.2) is 5.89 Å². The SMILES string of the molecule is CCc1nc(C)c(C(=O)N2CCCC3(CCc4cnc(N(C)C)nc43)C2)o1. The molecule has 1 aliphatic heterocycles. The number of oxazole rings is 1. The zero-order chi connectivity index (χ0) is 19.2. The summed E-state index contributed by atoms with van der Waals surface area (Å²) >= 11 is 0. The largest absolute Gasteiger partial charge is 0.435 e. The number of likely N-dealkylation sites (tertiary alicyclic amines) is 1. The lowest BCUT2D eigenvalue weighted by Gasteiger charge is -2.40. The van der Waals surface area contributed by atoms with Gasteiger partial charge in [-0.25, -0.2) is 15.0 Å². The fraction of sp³-hybridized carbons (Fsp3) is 0.600. The number of hydrogen-bond donors (Lipinski definition) is 0. The maximum Gasteiger partial charge on any atom is 0.291 e. The van der Waals surface area contributed by atoms with Gasteiger partial charge in [0.1, 0.15) is 0 Å². The summed E-state index contributed by atoms with van der Waals surface area (Å²) < 4.78 is 5.72. The molecule has 4 rings (SSSR count). The van der Waals surface area contributed by atoms with Crippen molar-refractivity contribution in [3.8, 4) is 0 Å². The van der Waals surface area contributed by atoms with Crippen LogP contribution in [0.15, 0.2) is 10.6 Å². The van der Waals surface area contributed by atoms with Crippen molar-refractivity contribution in [3.63, 3.8) is 0 Å². The Morgan fingerprint density at radius 2 is 2.15 bits per heavy atom. The van der Waals surface area contributed by atoms with E-state index in [0.29, 0.717) is 30.3 Å². The number of fused-ring (bicyclic) bond motifs is 2. The molecule has 0 radical (unpaired) electrons. The van der Waals surface area contributed by atoms with Crippen LogP contribution < -0.4 is 4.90 Å². The summed E-state index contributed by atoms with van der Waals surface area (Å²) in [4.78, 5) is 30.7. The highest BCUT2D eigenvalue weighted by molar-refractivity contribution is 5.92. The monoisotopic (exact) mass is 369 g/mol. The van der Waals surface area contributed by atoms with E-state index in [1.807, 2.05) is 43.9 Å². The molecule has 1 saturated heterocycles. The lowest BCUT2D eigenvalue weighted by Crippen LogP contribution is -2.48. The molecule has 1 amide bonds. The third kappa shape index (κ3) is 2.99. The molecule has 0 N–H and O–H groups in total. The number of rotatable bonds is 3. The van der Waals surface area contributed by atoms with Gasteiger partial charge in [-0.15, -0.1) is 0 Å². The molecule has 2 aromatic rings. The Balaban J connectivity index is 1.63.